The minimum absolute atomic E-state index is 0.00990. The van der Waals surface area contributed by atoms with E-state index in [2.05, 4.69) is 82.7 Å². The van der Waals surface area contributed by atoms with Gasteiger partial charge in [-0.1, -0.05) is 49.4 Å². The van der Waals surface area contributed by atoms with Crippen LogP contribution in [0.15, 0.2) is 60.7 Å². The van der Waals surface area contributed by atoms with E-state index in [1.54, 1.807) is 0 Å². The van der Waals surface area contributed by atoms with Crippen molar-refractivity contribution in [2.45, 2.75) is 58.0 Å². The molecule has 2 aliphatic heterocycles. The average Bonchev–Trinajstić information content (AvgIpc) is 3.63. The van der Waals surface area contributed by atoms with Crippen LogP contribution in [0.25, 0.3) is 10.8 Å². The van der Waals surface area contributed by atoms with Crippen LogP contribution < -0.4 is 10.1 Å². The Labute approximate surface area is 233 Å². The van der Waals surface area contributed by atoms with Crippen molar-refractivity contribution in [1.29, 1.82) is 0 Å². The summed E-state index contributed by atoms with van der Waals surface area (Å²) in [7, 11) is 0. The van der Waals surface area contributed by atoms with Gasteiger partial charge in [0.25, 0.3) is 0 Å². The third kappa shape index (κ3) is 6.31. The molecule has 0 saturated carbocycles. The number of aryl methyl sites for hydroxylation is 2. The van der Waals surface area contributed by atoms with Gasteiger partial charge in [-0.25, -0.2) is 0 Å². The Morgan fingerprint density at radius 2 is 1.85 bits per heavy atom. The van der Waals surface area contributed by atoms with Gasteiger partial charge >= 0.3 is 0 Å². The second-order valence-corrected chi connectivity index (χ2v) is 11.9. The molecule has 206 valence electrons. The van der Waals surface area contributed by atoms with Gasteiger partial charge in [-0.2, -0.15) is 0 Å². The molecule has 3 aliphatic rings. The van der Waals surface area contributed by atoms with Crippen molar-refractivity contribution >= 4 is 16.7 Å². The molecular formula is C34H43N3O2. The van der Waals surface area contributed by atoms with Crippen LogP contribution in [-0.4, -0.2) is 61.1 Å². The van der Waals surface area contributed by atoms with Crippen LogP contribution >= 0.6 is 0 Å². The van der Waals surface area contributed by atoms with E-state index in [1.165, 1.54) is 53.1 Å². The van der Waals surface area contributed by atoms with Crippen LogP contribution in [0.4, 0.5) is 0 Å². The lowest BCUT2D eigenvalue weighted by molar-refractivity contribution is -0.128. The molecule has 0 radical (unpaired) electrons. The summed E-state index contributed by atoms with van der Waals surface area (Å²) in [5, 5.41) is 5.88. The Morgan fingerprint density at radius 1 is 0.974 bits per heavy atom. The molecule has 2 fully saturated rings. The zero-order chi connectivity index (χ0) is 26.6. The normalized spacial score (nSPS) is 23.7. The number of rotatable bonds is 9. The highest BCUT2D eigenvalue weighted by Crippen LogP contribution is 2.29. The van der Waals surface area contributed by atoms with Crippen LogP contribution in [0, 0.1) is 11.8 Å². The van der Waals surface area contributed by atoms with Gasteiger partial charge in [-0.05, 0) is 97.3 Å². The van der Waals surface area contributed by atoms with Crippen molar-refractivity contribution in [1.82, 2.24) is 15.1 Å². The molecule has 0 bridgehead atoms. The molecule has 3 aromatic carbocycles. The zero-order valence-electron chi connectivity index (χ0n) is 23.4. The lowest BCUT2D eigenvalue weighted by Crippen LogP contribution is -2.49. The van der Waals surface area contributed by atoms with Gasteiger partial charge in [0.2, 0.25) is 5.91 Å². The second kappa shape index (κ2) is 12.1. The van der Waals surface area contributed by atoms with E-state index in [0.717, 1.165) is 57.9 Å². The number of fused-ring (bicyclic) bond motifs is 2. The van der Waals surface area contributed by atoms with Gasteiger partial charge in [-0.3, -0.25) is 14.6 Å². The molecule has 3 aromatic rings. The maximum absolute atomic E-state index is 13.5. The quantitative estimate of drug-likeness (QED) is 0.404. The van der Waals surface area contributed by atoms with Crippen LogP contribution in [0.3, 0.4) is 0 Å². The van der Waals surface area contributed by atoms with Crippen LogP contribution in [0.1, 0.15) is 49.3 Å². The lowest BCUT2D eigenvalue weighted by Gasteiger charge is -2.37. The third-order valence-electron chi connectivity index (χ3n) is 9.18. The van der Waals surface area contributed by atoms with Gasteiger partial charge in [0.05, 0.1) is 12.5 Å². The maximum atomic E-state index is 13.5. The summed E-state index contributed by atoms with van der Waals surface area (Å²) in [5.41, 5.74) is 4.22. The molecule has 5 nitrogen and oxygen atoms in total. The fraction of sp³-hybridized carbons (Fsp3) is 0.500. The summed E-state index contributed by atoms with van der Waals surface area (Å²) in [6.45, 7) is 8.47. The van der Waals surface area contributed by atoms with Crippen LogP contribution in [0.5, 0.6) is 5.75 Å². The largest absolute Gasteiger partial charge is 0.493 e. The molecule has 1 aliphatic carbocycles. The summed E-state index contributed by atoms with van der Waals surface area (Å²) in [4.78, 5) is 18.4. The molecule has 1 N–H and O–H groups in total. The second-order valence-electron chi connectivity index (χ2n) is 11.9. The number of nitrogens with one attached hydrogen (secondary N) is 1. The highest BCUT2D eigenvalue weighted by molar-refractivity contribution is 5.83. The molecule has 2 heterocycles. The first-order valence-corrected chi connectivity index (χ1v) is 15.1. The molecule has 3 atom stereocenters. The summed E-state index contributed by atoms with van der Waals surface area (Å²) in [6, 6.07) is 22.4. The summed E-state index contributed by atoms with van der Waals surface area (Å²) in [5.74, 6) is 1.50. The van der Waals surface area contributed by atoms with E-state index < -0.39 is 0 Å². The molecule has 1 amide bonds. The number of nitrogens with zero attached hydrogens (tertiary/aromatic N) is 2. The van der Waals surface area contributed by atoms with Crippen molar-refractivity contribution in [3.63, 3.8) is 0 Å². The molecule has 0 spiro atoms. The number of hydrogen-bond acceptors (Lipinski definition) is 4. The number of hydrogen-bond donors (Lipinski definition) is 1. The fourth-order valence-electron chi connectivity index (χ4n) is 7.10. The zero-order valence-corrected chi connectivity index (χ0v) is 23.4. The van der Waals surface area contributed by atoms with Crippen LogP contribution in [-0.2, 0) is 24.2 Å². The van der Waals surface area contributed by atoms with Gasteiger partial charge in [0.15, 0.2) is 0 Å². The molecule has 2 saturated heterocycles. The smallest absolute Gasteiger partial charge is 0.224 e. The first kappa shape index (κ1) is 26.3. The molecular weight excluding hydrogens is 482 g/mol. The van der Waals surface area contributed by atoms with Crippen molar-refractivity contribution in [3.05, 3.63) is 77.4 Å². The predicted octanol–water partition coefficient (Wildman–Crippen LogP) is 5.45. The summed E-state index contributed by atoms with van der Waals surface area (Å²) < 4.78 is 6.36. The van der Waals surface area contributed by atoms with E-state index in [1.807, 2.05) is 0 Å². The monoisotopic (exact) mass is 525 g/mol. The number of ether oxygens (including phenoxy) is 1. The van der Waals surface area contributed by atoms with E-state index >= 15 is 0 Å². The Kier molecular flexibility index (Phi) is 8.17. The Bertz CT molecular complexity index is 1290. The number of likely N-dealkylation sites (N-methyl/N-ethyl adjacent to an activating group) is 1. The molecule has 39 heavy (non-hydrogen) atoms. The highest BCUT2D eigenvalue weighted by Gasteiger charge is 2.33. The Morgan fingerprint density at radius 3 is 2.74 bits per heavy atom. The van der Waals surface area contributed by atoms with E-state index in [4.69, 9.17) is 4.74 Å². The van der Waals surface area contributed by atoms with E-state index in [9.17, 15) is 4.79 Å². The van der Waals surface area contributed by atoms with Crippen molar-refractivity contribution in [2.75, 3.05) is 39.3 Å². The maximum Gasteiger partial charge on any atom is 0.224 e. The number of amides is 1. The standard InChI is InChI=1S/C34H43N3O2/c1-2-37-16-6-11-32(37)20-35-34(38)31-18-26(24-39-33-15-14-28-9-5-10-30(28)19-33)22-36(23-31)21-25-12-13-27-7-3-4-8-29(27)17-25/h3-4,7-8,12-15,17,19,26,31-32H,2,5-6,9-11,16,18,20-24H2,1H3,(H,35,38)/t26-,31+,32?/m0/s1. The molecule has 0 aromatic heterocycles. The fourth-order valence-corrected chi connectivity index (χ4v) is 7.10. The summed E-state index contributed by atoms with van der Waals surface area (Å²) >= 11 is 0. The molecule has 1 unspecified atom stereocenters. The van der Waals surface area contributed by atoms with Crippen LogP contribution in [0.2, 0.25) is 0 Å². The van der Waals surface area contributed by atoms with Gasteiger partial charge in [0.1, 0.15) is 5.75 Å². The number of piperidine rings is 1. The Balaban J connectivity index is 1.13. The van der Waals surface area contributed by atoms with Crippen molar-refractivity contribution in [2.24, 2.45) is 11.8 Å². The summed E-state index contributed by atoms with van der Waals surface area (Å²) in [6.07, 6.45) is 6.90. The van der Waals surface area contributed by atoms with Gasteiger partial charge in [-0.15, -0.1) is 0 Å². The topological polar surface area (TPSA) is 44.8 Å². The number of benzene rings is 3. The molecule has 6 rings (SSSR count). The average molecular weight is 526 g/mol. The SMILES string of the molecule is CCN1CCCC1CNC(=O)[C@@H]1C[C@H](COc2ccc3c(c2)CCC3)CN(Cc2ccc3ccccc3c2)C1. The van der Waals surface area contributed by atoms with E-state index in [-0.39, 0.29) is 11.8 Å². The number of carbonyl (C=O) groups is 1. The number of carbonyl (C=O) groups excluding carboxylic acids is 1. The van der Waals surface area contributed by atoms with Crippen molar-refractivity contribution in [3.8, 4) is 5.75 Å². The first-order valence-electron chi connectivity index (χ1n) is 15.1. The first-order chi connectivity index (χ1) is 19.1. The predicted molar refractivity (Wildman–Crippen MR) is 158 cm³/mol. The van der Waals surface area contributed by atoms with Gasteiger partial charge < -0.3 is 10.1 Å². The lowest BCUT2D eigenvalue weighted by atomic mass is 9.88. The highest BCUT2D eigenvalue weighted by atomic mass is 16.5. The Hall–Kier alpha value is -2.89. The van der Waals surface area contributed by atoms with Crippen molar-refractivity contribution < 1.29 is 9.53 Å². The minimum Gasteiger partial charge on any atom is -0.493 e. The minimum atomic E-state index is -0.00990. The number of likely N-dealkylation sites (tertiary alicyclic amines) is 2. The third-order valence-corrected chi connectivity index (χ3v) is 9.18. The molecule has 5 heteroatoms. The van der Waals surface area contributed by atoms with E-state index in [0.29, 0.717) is 18.6 Å². The van der Waals surface area contributed by atoms with Gasteiger partial charge in [0, 0.05) is 38.1 Å².